The Kier molecular flexibility index (Phi) is 6.79. The van der Waals surface area contributed by atoms with Crippen LogP contribution < -0.4 is 5.32 Å². The van der Waals surface area contributed by atoms with Crippen molar-refractivity contribution < 1.29 is 17.7 Å². The van der Waals surface area contributed by atoms with Crippen molar-refractivity contribution in [1.82, 2.24) is 14.4 Å². The molecule has 1 aliphatic rings. The molecule has 0 saturated carbocycles. The molecular formula is C21H24N4O4S2. The number of piperidine rings is 1. The maximum absolute atomic E-state index is 12.7. The first-order chi connectivity index (χ1) is 15.0. The predicted octanol–water partition coefficient (Wildman–Crippen LogP) is 3.93. The largest absolute Gasteiger partial charge is 0.339 e. The van der Waals surface area contributed by atoms with Crippen LogP contribution in [0, 0.1) is 0 Å². The van der Waals surface area contributed by atoms with E-state index < -0.39 is 10.0 Å². The molecule has 0 spiro atoms. The molecule has 0 bridgehead atoms. The van der Waals surface area contributed by atoms with Gasteiger partial charge in [-0.15, -0.1) is 11.3 Å². The third-order valence-electron chi connectivity index (χ3n) is 5.10. The summed E-state index contributed by atoms with van der Waals surface area (Å²) >= 11 is 1.54. The van der Waals surface area contributed by atoms with Crippen LogP contribution >= 0.6 is 11.3 Å². The number of carbonyl (C=O) groups excluding carboxylic acids is 1. The van der Waals surface area contributed by atoms with E-state index in [4.69, 9.17) is 4.52 Å². The molecule has 3 aromatic rings. The summed E-state index contributed by atoms with van der Waals surface area (Å²) in [5.74, 6) is 0.919. The second-order valence-corrected chi connectivity index (χ2v) is 10.3. The molecule has 1 amide bonds. The molecule has 0 radical (unpaired) electrons. The van der Waals surface area contributed by atoms with Gasteiger partial charge in [-0.3, -0.25) is 4.79 Å². The minimum Gasteiger partial charge on any atom is -0.339 e. The number of nitrogens with one attached hydrogen (secondary N) is 1. The summed E-state index contributed by atoms with van der Waals surface area (Å²) < 4.78 is 32.2. The molecule has 1 aromatic carbocycles. The second-order valence-electron chi connectivity index (χ2n) is 7.38. The molecule has 0 unspecified atom stereocenters. The van der Waals surface area contributed by atoms with Gasteiger partial charge >= 0.3 is 0 Å². The van der Waals surface area contributed by atoms with E-state index >= 15 is 0 Å². The molecule has 0 aliphatic carbocycles. The number of aromatic nitrogens is 2. The van der Waals surface area contributed by atoms with E-state index in [1.165, 1.54) is 4.31 Å². The highest BCUT2D eigenvalue weighted by atomic mass is 32.2. The Morgan fingerprint density at radius 3 is 2.61 bits per heavy atom. The molecule has 3 heterocycles. The average molecular weight is 461 g/mol. The van der Waals surface area contributed by atoms with Crippen molar-refractivity contribution in [3.63, 3.8) is 0 Å². The van der Waals surface area contributed by atoms with E-state index in [1.807, 2.05) is 17.5 Å². The molecule has 8 nitrogen and oxygen atoms in total. The van der Waals surface area contributed by atoms with Crippen molar-refractivity contribution in [2.75, 3.05) is 18.4 Å². The van der Waals surface area contributed by atoms with Gasteiger partial charge in [0.05, 0.1) is 9.77 Å². The van der Waals surface area contributed by atoms with Crippen molar-refractivity contribution in [3.05, 3.63) is 47.7 Å². The standard InChI is InChI=1S/C21H24N4O4S2/c26-19(7-4-8-20-23-21(24-29-20)18-6-5-15-30-18)22-16-9-11-17(12-10-16)31(27,28)25-13-2-1-3-14-25/h5-6,9-12,15H,1-4,7-8,13-14H2,(H,22,26). The highest BCUT2D eigenvalue weighted by Gasteiger charge is 2.25. The molecule has 1 fully saturated rings. The smallest absolute Gasteiger partial charge is 0.243 e. The average Bonchev–Trinajstić information content (AvgIpc) is 3.47. The number of nitrogens with zero attached hydrogens (tertiary/aromatic N) is 3. The Hall–Kier alpha value is -2.56. The van der Waals surface area contributed by atoms with E-state index in [0.717, 1.165) is 24.1 Å². The van der Waals surface area contributed by atoms with Crippen LogP contribution in [-0.4, -0.2) is 41.9 Å². The maximum Gasteiger partial charge on any atom is 0.243 e. The van der Waals surface area contributed by atoms with Gasteiger partial charge in [-0.2, -0.15) is 9.29 Å². The predicted molar refractivity (Wildman–Crippen MR) is 118 cm³/mol. The zero-order chi connectivity index (χ0) is 21.7. The van der Waals surface area contributed by atoms with Gasteiger partial charge in [0.2, 0.25) is 27.6 Å². The fraction of sp³-hybridized carbons (Fsp3) is 0.381. The molecule has 0 atom stereocenters. The van der Waals surface area contributed by atoms with Crippen molar-refractivity contribution in [1.29, 1.82) is 0 Å². The van der Waals surface area contributed by atoms with Gasteiger partial charge in [-0.25, -0.2) is 8.42 Å². The van der Waals surface area contributed by atoms with Gasteiger partial charge in [0.25, 0.3) is 0 Å². The molecule has 31 heavy (non-hydrogen) atoms. The zero-order valence-corrected chi connectivity index (χ0v) is 18.6. The monoisotopic (exact) mass is 460 g/mol. The quantitative estimate of drug-likeness (QED) is 0.546. The number of carbonyl (C=O) groups is 1. The fourth-order valence-electron chi connectivity index (χ4n) is 3.45. The van der Waals surface area contributed by atoms with Crippen molar-refractivity contribution in [3.8, 4) is 10.7 Å². The van der Waals surface area contributed by atoms with Gasteiger partial charge in [0.1, 0.15) is 0 Å². The first kappa shape index (κ1) is 21.7. The summed E-state index contributed by atoms with van der Waals surface area (Å²) in [5.41, 5.74) is 0.570. The summed E-state index contributed by atoms with van der Waals surface area (Å²) in [4.78, 5) is 17.8. The van der Waals surface area contributed by atoms with E-state index in [1.54, 1.807) is 35.6 Å². The Labute approximate surface area is 185 Å². The lowest BCUT2D eigenvalue weighted by molar-refractivity contribution is -0.116. The Bertz CT molecular complexity index is 1100. The fourth-order valence-corrected chi connectivity index (χ4v) is 5.62. The van der Waals surface area contributed by atoms with Crippen molar-refractivity contribution >= 4 is 33.0 Å². The molecule has 1 saturated heterocycles. The molecule has 1 N–H and O–H groups in total. The molecule has 4 rings (SSSR count). The highest BCUT2D eigenvalue weighted by Crippen LogP contribution is 2.23. The van der Waals surface area contributed by atoms with Crippen LogP contribution in [-0.2, 0) is 21.2 Å². The highest BCUT2D eigenvalue weighted by molar-refractivity contribution is 7.89. The number of hydrogen-bond donors (Lipinski definition) is 1. The topological polar surface area (TPSA) is 105 Å². The van der Waals surface area contributed by atoms with Gasteiger partial charge in [0, 0.05) is 31.6 Å². The minimum absolute atomic E-state index is 0.148. The van der Waals surface area contributed by atoms with E-state index in [2.05, 4.69) is 15.5 Å². The van der Waals surface area contributed by atoms with E-state index in [9.17, 15) is 13.2 Å². The number of sulfonamides is 1. The van der Waals surface area contributed by atoms with Crippen LogP contribution in [0.2, 0.25) is 0 Å². The maximum atomic E-state index is 12.7. The third-order valence-corrected chi connectivity index (χ3v) is 7.87. The van der Waals surface area contributed by atoms with Crippen LogP contribution in [0.5, 0.6) is 0 Å². The lowest BCUT2D eigenvalue weighted by atomic mass is 10.2. The number of thiophene rings is 1. The second kappa shape index (κ2) is 9.71. The Morgan fingerprint density at radius 1 is 1.13 bits per heavy atom. The summed E-state index contributed by atoms with van der Waals surface area (Å²) in [6.07, 6.45) is 4.24. The number of rotatable bonds is 8. The zero-order valence-electron chi connectivity index (χ0n) is 17.0. The lowest BCUT2D eigenvalue weighted by Crippen LogP contribution is -2.35. The van der Waals surface area contributed by atoms with E-state index in [-0.39, 0.29) is 10.8 Å². The summed E-state index contributed by atoms with van der Waals surface area (Å²) in [6.45, 7) is 1.13. The minimum atomic E-state index is -3.47. The summed E-state index contributed by atoms with van der Waals surface area (Å²) in [5, 5.41) is 8.71. The Balaban J connectivity index is 1.26. The van der Waals surface area contributed by atoms with Crippen molar-refractivity contribution in [2.45, 2.75) is 43.4 Å². The number of aryl methyl sites for hydroxylation is 1. The van der Waals surface area contributed by atoms with Crippen LogP contribution in [0.15, 0.2) is 51.2 Å². The molecule has 2 aromatic heterocycles. The molecule has 164 valence electrons. The van der Waals surface area contributed by atoms with Gasteiger partial charge in [-0.05, 0) is 55.0 Å². The van der Waals surface area contributed by atoms with Crippen LogP contribution in [0.1, 0.15) is 38.0 Å². The van der Waals surface area contributed by atoms with Crippen LogP contribution in [0.4, 0.5) is 5.69 Å². The molecule has 1 aliphatic heterocycles. The Morgan fingerprint density at radius 2 is 1.90 bits per heavy atom. The number of anilines is 1. The SMILES string of the molecule is O=C(CCCc1nc(-c2cccs2)no1)Nc1ccc(S(=O)(=O)N2CCCCC2)cc1. The first-order valence-corrected chi connectivity index (χ1v) is 12.6. The normalized spacial score (nSPS) is 15.1. The first-order valence-electron chi connectivity index (χ1n) is 10.3. The molecular weight excluding hydrogens is 436 g/mol. The number of amides is 1. The van der Waals surface area contributed by atoms with Gasteiger partial charge < -0.3 is 9.84 Å². The number of benzene rings is 1. The van der Waals surface area contributed by atoms with Crippen LogP contribution in [0.3, 0.4) is 0 Å². The van der Waals surface area contributed by atoms with E-state index in [0.29, 0.717) is 49.8 Å². The lowest BCUT2D eigenvalue weighted by Gasteiger charge is -2.25. The summed E-state index contributed by atoms with van der Waals surface area (Å²) in [7, 11) is -3.47. The third kappa shape index (κ3) is 5.38. The number of hydrogen-bond acceptors (Lipinski definition) is 7. The summed E-state index contributed by atoms with van der Waals surface area (Å²) in [6, 6.07) is 10.2. The van der Waals surface area contributed by atoms with Crippen molar-refractivity contribution in [2.24, 2.45) is 0 Å². The van der Waals surface area contributed by atoms with Crippen LogP contribution in [0.25, 0.3) is 10.7 Å². The van der Waals surface area contributed by atoms with Gasteiger partial charge in [-0.1, -0.05) is 17.6 Å². The molecule has 10 heteroatoms. The van der Waals surface area contributed by atoms with Gasteiger partial charge in [0.15, 0.2) is 0 Å².